The molecule has 0 radical (unpaired) electrons. The summed E-state index contributed by atoms with van der Waals surface area (Å²) >= 11 is 1.23. The maximum absolute atomic E-state index is 12.4. The number of hydrogen-bond acceptors (Lipinski definition) is 7. The first-order chi connectivity index (χ1) is 11.1. The van der Waals surface area contributed by atoms with Crippen molar-refractivity contribution in [3.63, 3.8) is 0 Å². The Morgan fingerprint density at radius 1 is 1.52 bits per heavy atom. The molecule has 0 saturated heterocycles. The molecular formula is C15H18N4O3S. The minimum absolute atomic E-state index is 0.167. The predicted octanol–water partition coefficient (Wildman–Crippen LogP) is 1.37. The molecule has 122 valence electrons. The van der Waals surface area contributed by atoms with Crippen molar-refractivity contribution in [3.05, 3.63) is 35.0 Å². The zero-order valence-corrected chi connectivity index (χ0v) is 13.4. The van der Waals surface area contributed by atoms with E-state index in [2.05, 4.69) is 15.3 Å². The Morgan fingerprint density at radius 2 is 2.30 bits per heavy atom. The molecule has 0 aromatic carbocycles. The van der Waals surface area contributed by atoms with Crippen LogP contribution in [0.15, 0.2) is 23.7 Å². The average molecular weight is 334 g/mol. The summed E-state index contributed by atoms with van der Waals surface area (Å²) in [5, 5.41) is 14.5. The van der Waals surface area contributed by atoms with Gasteiger partial charge >= 0.3 is 0 Å². The SMILES string of the molecule is COc1ccc(C(NC(=O)c2csc(N)n2)C2CC(O)C2)cn1. The third-order valence-corrected chi connectivity index (χ3v) is 4.66. The normalized spacial score (nSPS) is 21.3. The Labute approximate surface area is 137 Å². The smallest absolute Gasteiger partial charge is 0.271 e. The number of nitrogens with one attached hydrogen (secondary N) is 1. The lowest BCUT2D eigenvalue weighted by Crippen LogP contribution is -2.41. The van der Waals surface area contributed by atoms with E-state index in [4.69, 9.17) is 10.5 Å². The number of rotatable bonds is 5. The van der Waals surface area contributed by atoms with Crippen molar-refractivity contribution in [3.8, 4) is 5.88 Å². The van der Waals surface area contributed by atoms with Gasteiger partial charge in [-0.3, -0.25) is 4.79 Å². The summed E-state index contributed by atoms with van der Waals surface area (Å²) in [6.45, 7) is 0. The van der Waals surface area contributed by atoms with Gasteiger partial charge in [0.05, 0.1) is 19.3 Å². The Morgan fingerprint density at radius 3 is 2.83 bits per heavy atom. The first-order valence-corrected chi connectivity index (χ1v) is 8.14. The Balaban J connectivity index is 1.79. The van der Waals surface area contributed by atoms with E-state index in [0.29, 0.717) is 29.5 Å². The number of carbonyl (C=O) groups is 1. The third-order valence-electron chi connectivity index (χ3n) is 3.99. The van der Waals surface area contributed by atoms with E-state index in [0.717, 1.165) is 5.56 Å². The standard InChI is InChI=1S/C15H18N4O3S/c1-22-12-3-2-8(6-17-12)13(9-4-10(20)5-9)19-14(21)11-7-23-15(16)18-11/h2-3,6-7,9-10,13,20H,4-5H2,1H3,(H2,16,18)(H,19,21). The van der Waals surface area contributed by atoms with E-state index in [9.17, 15) is 9.90 Å². The summed E-state index contributed by atoms with van der Waals surface area (Å²) in [7, 11) is 1.55. The molecule has 3 rings (SSSR count). The Hall–Kier alpha value is -2.19. The molecule has 1 atom stereocenters. The van der Waals surface area contributed by atoms with E-state index in [1.54, 1.807) is 24.8 Å². The number of thiazole rings is 1. The monoisotopic (exact) mass is 334 g/mol. The number of aliphatic hydroxyl groups is 1. The van der Waals surface area contributed by atoms with Crippen LogP contribution in [-0.4, -0.2) is 34.2 Å². The van der Waals surface area contributed by atoms with Crippen molar-refractivity contribution in [2.24, 2.45) is 5.92 Å². The van der Waals surface area contributed by atoms with Crippen LogP contribution in [0.5, 0.6) is 5.88 Å². The Kier molecular flexibility index (Phi) is 4.44. The number of ether oxygens (including phenoxy) is 1. The molecule has 1 aliphatic rings. The number of nitrogen functional groups attached to an aromatic ring is 1. The van der Waals surface area contributed by atoms with Gasteiger partial charge in [-0.15, -0.1) is 11.3 Å². The number of anilines is 1. The first kappa shape index (κ1) is 15.7. The molecule has 8 heteroatoms. The summed E-state index contributed by atoms with van der Waals surface area (Å²) in [6, 6.07) is 3.40. The lowest BCUT2D eigenvalue weighted by molar-refractivity contribution is 0.0234. The highest BCUT2D eigenvalue weighted by molar-refractivity contribution is 7.13. The molecule has 2 heterocycles. The van der Waals surface area contributed by atoms with Crippen molar-refractivity contribution < 1.29 is 14.6 Å². The van der Waals surface area contributed by atoms with Crippen molar-refractivity contribution >= 4 is 22.4 Å². The molecule has 1 saturated carbocycles. The molecule has 1 aliphatic carbocycles. The summed E-state index contributed by atoms with van der Waals surface area (Å²) < 4.78 is 5.06. The molecule has 2 aromatic rings. The second-order valence-electron chi connectivity index (χ2n) is 5.54. The number of hydrogen-bond donors (Lipinski definition) is 3. The summed E-state index contributed by atoms with van der Waals surface area (Å²) in [5.74, 6) is 0.403. The van der Waals surface area contributed by atoms with Gasteiger partial charge in [0.2, 0.25) is 5.88 Å². The molecule has 23 heavy (non-hydrogen) atoms. The minimum Gasteiger partial charge on any atom is -0.481 e. The number of nitrogens with zero attached hydrogens (tertiary/aromatic N) is 2. The first-order valence-electron chi connectivity index (χ1n) is 7.26. The van der Waals surface area contributed by atoms with Crippen molar-refractivity contribution in [1.29, 1.82) is 0 Å². The van der Waals surface area contributed by atoms with Crippen molar-refractivity contribution in [1.82, 2.24) is 15.3 Å². The van der Waals surface area contributed by atoms with Crippen LogP contribution in [0, 0.1) is 5.92 Å². The van der Waals surface area contributed by atoms with Crippen molar-refractivity contribution in [2.75, 3.05) is 12.8 Å². The molecule has 1 unspecified atom stereocenters. The van der Waals surface area contributed by atoms with E-state index < -0.39 is 0 Å². The number of amides is 1. The molecule has 7 nitrogen and oxygen atoms in total. The maximum Gasteiger partial charge on any atom is 0.271 e. The number of methoxy groups -OCH3 is 1. The number of carbonyl (C=O) groups excluding carboxylic acids is 1. The summed E-state index contributed by atoms with van der Waals surface area (Å²) in [4.78, 5) is 20.6. The lowest BCUT2D eigenvalue weighted by Gasteiger charge is -2.38. The highest BCUT2D eigenvalue weighted by Crippen LogP contribution is 2.38. The van der Waals surface area contributed by atoms with Gasteiger partial charge in [0.1, 0.15) is 5.69 Å². The van der Waals surface area contributed by atoms with Crippen molar-refractivity contribution in [2.45, 2.75) is 25.0 Å². The summed E-state index contributed by atoms with van der Waals surface area (Å²) in [5.41, 5.74) is 6.75. The fourth-order valence-electron chi connectivity index (χ4n) is 2.68. The van der Waals surface area contributed by atoms with E-state index in [1.165, 1.54) is 11.3 Å². The van der Waals surface area contributed by atoms with Gasteiger partial charge in [0, 0.05) is 17.6 Å². The van der Waals surface area contributed by atoms with Crippen LogP contribution in [0.25, 0.3) is 0 Å². The van der Waals surface area contributed by atoms with Gasteiger partial charge in [-0.1, -0.05) is 6.07 Å². The minimum atomic E-state index is -0.305. The fraction of sp³-hybridized carbons (Fsp3) is 0.400. The van der Waals surface area contributed by atoms with Gasteiger partial charge in [-0.25, -0.2) is 9.97 Å². The molecule has 1 amide bonds. The second kappa shape index (κ2) is 6.51. The highest BCUT2D eigenvalue weighted by Gasteiger charge is 2.36. The number of aromatic nitrogens is 2. The maximum atomic E-state index is 12.4. The molecule has 2 aromatic heterocycles. The average Bonchev–Trinajstić information content (AvgIpc) is 2.96. The molecular weight excluding hydrogens is 316 g/mol. The zero-order chi connectivity index (χ0) is 16.4. The van der Waals surface area contributed by atoms with Gasteiger partial charge < -0.3 is 20.9 Å². The van der Waals surface area contributed by atoms with Gasteiger partial charge in [0.15, 0.2) is 5.13 Å². The number of pyridine rings is 1. The van der Waals surface area contributed by atoms with Crippen LogP contribution in [0.3, 0.4) is 0 Å². The highest BCUT2D eigenvalue weighted by atomic mass is 32.1. The van der Waals surface area contributed by atoms with Crippen LogP contribution >= 0.6 is 11.3 Å². The lowest BCUT2D eigenvalue weighted by atomic mass is 9.75. The van der Waals surface area contributed by atoms with E-state index in [-0.39, 0.29) is 24.0 Å². The molecule has 0 bridgehead atoms. The van der Waals surface area contributed by atoms with E-state index in [1.807, 2.05) is 6.07 Å². The molecule has 0 aliphatic heterocycles. The molecule has 0 spiro atoms. The van der Waals surface area contributed by atoms with Gasteiger partial charge in [0.25, 0.3) is 5.91 Å². The number of nitrogens with two attached hydrogens (primary N) is 1. The largest absolute Gasteiger partial charge is 0.481 e. The predicted molar refractivity (Wildman–Crippen MR) is 86.3 cm³/mol. The quantitative estimate of drug-likeness (QED) is 0.762. The number of aliphatic hydroxyl groups excluding tert-OH is 1. The van der Waals surface area contributed by atoms with Crippen LogP contribution in [0.4, 0.5) is 5.13 Å². The van der Waals surface area contributed by atoms with Crippen LogP contribution in [-0.2, 0) is 0 Å². The zero-order valence-electron chi connectivity index (χ0n) is 12.6. The van der Waals surface area contributed by atoms with Crippen LogP contribution in [0.1, 0.15) is 34.9 Å². The van der Waals surface area contributed by atoms with E-state index >= 15 is 0 Å². The fourth-order valence-corrected chi connectivity index (χ4v) is 3.22. The van der Waals surface area contributed by atoms with Gasteiger partial charge in [-0.05, 0) is 24.3 Å². The second-order valence-corrected chi connectivity index (χ2v) is 6.43. The van der Waals surface area contributed by atoms with Crippen LogP contribution < -0.4 is 15.8 Å². The molecule has 1 fully saturated rings. The summed E-state index contributed by atoms with van der Waals surface area (Å²) in [6.07, 6.45) is 2.68. The Bertz CT molecular complexity index is 682. The molecule has 4 N–H and O–H groups in total. The van der Waals surface area contributed by atoms with Gasteiger partial charge in [-0.2, -0.15) is 0 Å². The topological polar surface area (TPSA) is 110 Å². The third kappa shape index (κ3) is 3.43. The van der Waals surface area contributed by atoms with Crippen LogP contribution in [0.2, 0.25) is 0 Å².